The smallest absolute Gasteiger partial charge is 0.262 e. The number of hydrogen-bond donors (Lipinski definition) is 2. The number of fused-ring (bicyclic) bond motifs is 1. The molecular formula is C23H17ClFN5OS. The summed E-state index contributed by atoms with van der Waals surface area (Å²) in [4.78, 5) is 21.0. The van der Waals surface area contributed by atoms with Crippen LogP contribution in [0.25, 0.3) is 27.8 Å². The average Bonchev–Trinajstić information content (AvgIpc) is 3.43. The van der Waals surface area contributed by atoms with Crippen LogP contribution < -0.4 is 5.32 Å². The van der Waals surface area contributed by atoms with Crippen molar-refractivity contribution in [2.45, 2.75) is 13.8 Å². The molecule has 9 heteroatoms. The van der Waals surface area contributed by atoms with E-state index in [4.69, 9.17) is 11.6 Å². The van der Waals surface area contributed by atoms with Crippen LogP contribution in [-0.2, 0) is 0 Å². The largest absolute Gasteiger partial charge is 0.358 e. The zero-order valence-electron chi connectivity index (χ0n) is 17.1. The lowest BCUT2D eigenvalue weighted by atomic mass is 10.1. The van der Waals surface area contributed by atoms with Gasteiger partial charge in [0.2, 0.25) is 0 Å². The first kappa shape index (κ1) is 20.4. The van der Waals surface area contributed by atoms with Crippen LogP contribution in [0.5, 0.6) is 0 Å². The molecule has 160 valence electrons. The molecule has 2 aromatic carbocycles. The number of halogens is 2. The summed E-state index contributed by atoms with van der Waals surface area (Å²) in [5.41, 5.74) is 5.10. The highest BCUT2D eigenvalue weighted by Crippen LogP contribution is 2.34. The number of rotatable bonds is 4. The standard InChI is InChI=1S/C23H17ClFN5OS/c1-12-19(16-5-3-4-6-17(16)26-12)18-11-32-23(27-18)28-22(31)20-13(2)29-30(21(20)24)15-9-7-14(25)8-10-15/h3-11,26H,1-2H3,(H,27,28,31). The minimum absolute atomic E-state index is 0.149. The van der Waals surface area contributed by atoms with Gasteiger partial charge in [-0.05, 0) is 44.2 Å². The number of amides is 1. The van der Waals surface area contributed by atoms with Gasteiger partial charge in [0.05, 0.1) is 17.1 Å². The first-order valence-corrected chi connectivity index (χ1v) is 11.0. The van der Waals surface area contributed by atoms with E-state index >= 15 is 0 Å². The van der Waals surface area contributed by atoms with Gasteiger partial charge in [0, 0.05) is 27.5 Å². The third-order valence-corrected chi connectivity index (χ3v) is 6.28. The Bertz CT molecular complexity index is 1470. The van der Waals surface area contributed by atoms with Crippen molar-refractivity contribution in [1.82, 2.24) is 19.7 Å². The fourth-order valence-electron chi connectivity index (χ4n) is 3.72. The number of nitrogens with zero attached hydrogens (tertiary/aromatic N) is 3. The summed E-state index contributed by atoms with van der Waals surface area (Å²) < 4.78 is 14.6. The Morgan fingerprint density at radius 2 is 1.91 bits per heavy atom. The first-order valence-electron chi connectivity index (χ1n) is 9.78. The van der Waals surface area contributed by atoms with Crippen molar-refractivity contribution in [3.63, 3.8) is 0 Å². The second-order valence-corrected chi connectivity index (χ2v) is 8.52. The number of benzene rings is 2. The molecule has 5 aromatic rings. The molecule has 0 atom stereocenters. The molecule has 0 bridgehead atoms. The quantitative estimate of drug-likeness (QED) is 0.335. The molecule has 32 heavy (non-hydrogen) atoms. The maximum Gasteiger partial charge on any atom is 0.262 e. The Labute approximate surface area is 191 Å². The predicted octanol–water partition coefficient (Wildman–Crippen LogP) is 6.14. The van der Waals surface area contributed by atoms with Crippen molar-refractivity contribution < 1.29 is 9.18 Å². The molecule has 1 amide bonds. The Balaban J connectivity index is 1.44. The molecule has 0 radical (unpaired) electrons. The number of anilines is 1. The van der Waals surface area contributed by atoms with Crippen LogP contribution in [-0.4, -0.2) is 25.7 Å². The minimum Gasteiger partial charge on any atom is -0.358 e. The zero-order valence-corrected chi connectivity index (χ0v) is 18.7. The summed E-state index contributed by atoms with van der Waals surface area (Å²) in [6.45, 7) is 3.70. The van der Waals surface area contributed by atoms with Gasteiger partial charge >= 0.3 is 0 Å². The van der Waals surface area contributed by atoms with Crippen molar-refractivity contribution in [2.24, 2.45) is 0 Å². The van der Waals surface area contributed by atoms with Crippen LogP contribution in [0.2, 0.25) is 5.15 Å². The van der Waals surface area contributed by atoms with Gasteiger partial charge in [0.15, 0.2) is 5.13 Å². The molecule has 3 aromatic heterocycles. The molecule has 0 spiro atoms. The number of hydrogen-bond acceptors (Lipinski definition) is 4. The Morgan fingerprint density at radius 3 is 2.69 bits per heavy atom. The average molecular weight is 466 g/mol. The van der Waals surface area contributed by atoms with Gasteiger partial charge in [-0.3, -0.25) is 10.1 Å². The van der Waals surface area contributed by atoms with E-state index in [1.807, 2.05) is 36.6 Å². The van der Waals surface area contributed by atoms with Crippen LogP contribution in [0.15, 0.2) is 53.9 Å². The monoisotopic (exact) mass is 465 g/mol. The van der Waals surface area contributed by atoms with Crippen molar-refractivity contribution in [3.05, 3.63) is 81.8 Å². The number of para-hydroxylation sites is 1. The number of aromatic amines is 1. The lowest BCUT2D eigenvalue weighted by Gasteiger charge is -2.04. The highest BCUT2D eigenvalue weighted by Gasteiger charge is 2.22. The molecule has 2 N–H and O–H groups in total. The maximum atomic E-state index is 13.2. The van der Waals surface area contributed by atoms with Crippen molar-refractivity contribution in [2.75, 3.05) is 5.32 Å². The highest BCUT2D eigenvalue weighted by atomic mass is 35.5. The van der Waals surface area contributed by atoms with Crippen LogP contribution in [0.1, 0.15) is 21.7 Å². The molecule has 0 aliphatic rings. The molecular weight excluding hydrogens is 449 g/mol. The molecule has 0 fully saturated rings. The summed E-state index contributed by atoms with van der Waals surface area (Å²) in [6, 6.07) is 13.7. The Kier molecular flexibility index (Phi) is 5.03. The topological polar surface area (TPSA) is 75.6 Å². The Hall–Kier alpha value is -3.49. The van der Waals surface area contributed by atoms with Gasteiger partial charge in [-0.25, -0.2) is 14.1 Å². The summed E-state index contributed by atoms with van der Waals surface area (Å²) in [5, 5.41) is 10.8. The third-order valence-electron chi connectivity index (χ3n) is 5.18. The number of carbonyl (C=O) groups excluding carboxylic acids is 1. The molecule has 5 rings (SSSR count). The summed E-state index contributed by atoms with van der Waals surface area (Å²) in [6.07, 6.45) is 0. The van der Waals surface area contributed by atoms with E-state index in [-0.39, 0.29) is 16.5 Å². The molecule has 0 saturated carbocycles. The van der Waals surface area contributed by atoms with Gasteiger partial charge < -0.3 is 4.98 Å². The molecule has 0 aliphatic carbocycles. The lowest BCUT2D eigenvalue weighted by molar-refractivity contribution is 0.102. The van der Waals surface area contributed by atoms with E-state index in [0.717, 1.165) is 27.9 Å². The van der Waals surface area contributed by atoms with Gasteiger partial charge in [0.25, 0.3) is 5.91 Å². The third kappa shape index (κ3) is 3.47. The van der Waals surface area contributed by atoms with Gasteiger partial charge in [-0.15, -0.1) is 11.3 Å². The fraction of sp³-hybridized carbons (Fsp3) is 0.0870. The Morgan fingerprint density at radius 1 is 1.16 bits per heavy atom. The minimum atomic E-state index is -0.405. The van der Waals surface area contributed by atoms with E-state index in [0.29, 0.717) is 16.5 Å². The SMILES string of the molecule is Cc1nn(-c2ccc(F)cc2)c(Cl)c1C(=O)Nc1nc(-c2c(C)[nH]c3ccccc23)cs1. The number of thiazole rings is 1. The molecule has 0 aliphatic heterocycles. The number of nitrogens with one attached hydrogen (secondary N) is 2. The van der Waals surface area contributed by atoms with E-state index < -0.39 is 5.91 Å². The van der Waals surface area contributed by atoms with E-state index in [1.165, 1.54) is 28.2 Å². The van der Waals surface area contributed by atoms with Gasteiger partial charge in [-0.2, -0.15) is 5.10 Å². The maximum absolute atomic E-state index is 13.2. The number of H-pyrrole nitrogens is 1. The van der Waals surface area contributed by atoms with E-state index in [2.05, 4.69) is 20.4 Å². The number of aromatic nitrogens is 4. The summed E-state index contributed by atoms with van der Waals surface area (Å²) >= 11 is 7.80. The van der Waals surface area contributed by atoms with Gasteiger partial charge in [0.1, 0.15) is 16.5 Å². The first-order chi connectivity index (χ1) is 15.4. The summed E-state index contributed by atoms with van der Waals surface area (Å²) in [5.74, 6) is -0.769. The van der Waals surface area contributed by atoms with Crippen LogP contribution in [0.4, 0.5) is 9.52 Å². The lowest BCUT2D eigenvalue weighted by Crippen LogP contribution is -2.13. The zero-order chi connectivity index (χ0) is 22.4. The molecule has 3 heterocycles. The normalized spacial score (nSPS) is 11.2. The number of aryl methyl sites for hydroxylation is 2. The highest BCUT2D eigenvalue weighted by molar-refractivity contribution is 7.14. The predicted molar refractivity (Wildman–Crippen MR) is 125 cm³/mol. The molecule has 0 unspecified atom stereocenters. The van der Waals surface area contributed by atoms with Crippen LogP contribution in [0.3, 0.4) is 0 Å². The number of carbonyl (C=O) groups is 1. The second kappa shape index (κ2) is 7.89. The van der Waals surface area contributed by atoms with E-state index in [9.17, 15) is 9.18 Å². The van der Waals surface area contributed by atoms with Crippen LogP contribution in [0, 0.1) is 19.7 Å². The molecule has 0 saturated heterocycles. The molecule has 6 nitrogen and oxygen atoms in total. The van der Waals surface area contributed by atoms with Crippen molar-refractivity contribution >= 4 is 44.9 Å². The van der Waals surface area contributed by atoms with Gasteiger partial charge in [-0.1, -0.05) is 29.8 Å². The van der Waals surface area contributed by atoms with Crippen LogP contribution >= 0.6 is 22.9 Å². The fourth-order valence-corrected chi connectivity index (χ4v) is 4.78. The van der Waals surface area contributed by atoms with E-state index in [1.54, 1.807) is 19.1 Å². The van der Waals surface area contributed by atoms with Crippen molar-refractivity contribution in [3.8, 4) is 16.9 Å². The summed E-state index contributed by atoms with van der Waals surface area (Å²) in [7, 11) is 0. The van der Waals surface area contributed by atoms with Crippen molar-refractivity contribution in [1.29, 1.82) is 0 Å². The second-order valence-electron chi connectivity index (χ2n) is 7.30.